The molecule has 1 aliphatic carbocycles. The monoisotopic (exact) mass is 286 g/mol. The summed E-state index contributed by atoms with van der Waals surface area (Å²) in [6.07, 6.45) is 3.92. The number of nitrogen functional groups attached to an aromatic ring is 1. The number of nitrogens with two attached hydrogens (primary N) is 1. The van der Waals surface area contributed by atoms with E-state index in [1.165, 1.54) is 7.11 Å². The summed E-state index contributed by atoms with van der Waals surface area (Å²) in [6, 6.07) is 9.70. The van der Waals surface area contributed by atoms with Gasteiger partial charge in [0.25, 0.3) is 0 Å². The van der Waals surface area contributed by atoms with Crippen LogP contribution in [0, 0.1) is 0 Å². The van der Waals surface area contributed by atoms with Crippen LogP contribution in [-0.4, -0.2) is 19.1 Å². The minimum Gasteiger partial charge on any atom is -0.467 e. The molecule has 0 amide bonds. The number of para-hydroxylation sites is 1. The molecule has 0 unspecified atom stereocenters. The molecule has 1 aromatic carbocycles. The number of esters is 1. The van der Waals surface area contributed by atoms with E-state index in [0.29, 0.717) is 23.8 Å². The molecule has 0 spiro atoms. The summed E-state index contributed by atoms with van der Waals surface area (Å²) in [6.45, 7) is 0.645. The van der Waals surface area contributed by atoms with Gasteiger partial charge in [-0.2, -0.15) is 0 Å². The Kier molecular flexibility index (Phi) is 3.56. The van der Waals surface area contributed by atoms with Gasteiger partial charge >= 0.3 is 5.97 Å². The normalized spacial score (nSPS) is 14.0. The summed E-state index contributed by atoms with van der Waals surface area (Å²) in [7, 11) is 1.36. The van der Waals surface area contributed by atoms with Gasteiger partial charge in [-0.05, 0) is 37.1 Å². The molecule has 1 fully saturated rings. The molecule has 110 valence electrons. The average Bonchev–Trinajstić information content (AvgIpc) is 3.21. The van der Waals surface area contributed by atoms with Crippen LogP contribution in [0.4, 0.5) is 11.4 Å². The number of rotatable bonds is 5. The van der Waals surface area contributed by atoms with E-state index in [1.807, 2.05) is 24.3 Å². The SMILES string of the molecule is COC(=O)c1cccc(N(Cc2ccco2)C2CC2)c1N. The Bertz CT molecular complexity index is 633. The van der Waals surface area contributed by atoms with Crippen LogP contribution in [0.5, 0.6) is 0 Å². The number of furan rings is 1. The smallest absolute Gasteiger partial charge is 0.340 e. The van der Waals surface area contributed by atoms with E-state index >= 15 is 0 Å². The molecule has 0 radical (unpaired) electrons. The van der Waals surface area contributed by atoms with Crippen LogP contribution >= 0.6 is 0 Å². The minimum absolute atomic E-state index is 0.403. The summed E-state index contributed by atoms with van der Waals surface area (Å²) in [5.74, 6) is 0.466. The van der Waals surface area contributed by atoms with Gasteiger partial charge in [0.05, 0.1) is 36.9 Å². The maximum absolute atomic E-state index is 11.8. The van der Waals surface area contributed by atoms with Crippen molar-refractivity contribution in [2.24, 2.45) is 0 Å². The number of benzene rings is 1. The number of hydrogen-bond donors (Lipinski definition) is 1. The van der Waals surface area contributed by atoms with Crippen LogP contribution in [0.3, 0.4) is 0 Å². The lowest BCUT2D eigenvalue weighted by Crippen LogP contribution is -2.26. The summed E-state index contributed by atoms with van der Waals surface area (Å²) in [5, 5.41) is 0. The number of methoxy groups -OCH3 is 1. The van der Waals surface area contributed by atoms with Crippen LogP contribution in [0.1, 0.15) is 29.0 Å². The Labute approximate surface area is 123 Å². The Morgan fingerprint density at radius 2 is 2.19 bits per heavy atom. The fourth-order valence-electron chi connectivity index (χ4n) is 2.46. The first-order valence-corrected chi connectivity index (χ1v) is 6.96. The molecule has 1 saturated carbocycles. The summed E-state index contributed by atoms with van der Waals surface area (Å²) >= 11 is 0. The van der Waals surface area contributed by atoms with Gasteiger partial charge in [0, 0.05) is 6.04 Å². The first-order chi connectivity index (χ1) is 10.2. The molecule has 21 heavy (non-hydrogen) atoms. The van der Waals surface area contributed by atoms with Crippen molar-refractivity contribution >= 4 is 17.3 Å². The molecule has 1 aliphatic rings. The third-order valence-electron chi connectivity index (χ3n) is 3.69. The van der Waals surface area contributed by atoms with Crippen LogP contribution < -0.4 is 10.6 Å². The lowest BCUT2D eigenvalue weighted by Gasteiger charge is -2.25. The van der Waals surface area contributed by atoms with E-state index in [4.69, 9.17) is 14.9 Å². The second-order valence-corrected chi connectivity index (χ2v) is 5.17. The summed E-state index contributed by atoms with van der Waals surface area (Å²) < 4.78 is 10.2. The van der Waals surface area contributed by atoms with E-state index in [9.17, 15) is 4.79 Å². The molecule has 2 N–H and O–H groups in total. The van der Waals surface area contributed by atoms with E-state index in [2.05, 4.69) is 4.90 Å². The van der Waals surface area contributed by atoms with Crippen molar-refractivity contribution in [1.29, 1.82) is 0 Å². The Hall–Kier alpha value is -2.43. The highest BCUT2D eigenvalue weighted by molar-refractivity contribution is 5.98. The number of nitrogens with zero attached hydrogens (tertiary/aromatic N) is 1. The molecule has 0 bridgehead atoms. The highest BCUT2D eigenvalue weighted by atomic mass is 16.5. The molecule has 0 aliphatic heterocycles. The predicted molar refractivity (Wildman–Crippen MR) is 80.1 cm³/mol. The van der Waals surface area contributed by atoms with Crippen molar-refractivity contribution in [2.45, 2.75) is 25.4 Å². The number of carbonyl (C=O) groups excluding carboxylic acids is 1. The standard InChI is InChI=1S/C16H18N2O3/c1-20-16(19)13-5-2-6-14(15(13)17)18(11-7-8-11)10-12-4-3-9-21-12/h2-6,9,11H,7-8,10,17H2,1H3. The van der Waals surface area contributed by atoms with Crippen molar-refractivity contribution in [3.63, 3.8) is 0 Å². The molecule has 2 aromatic rings. The van der Waals surface area contributed by atoms with Gasteiger partial charge < -0.3 is 19.8 Å². The maximum Gasteiger partial charge on any atom is 0.340 e. The number of hydrogen-bond acceptors (Lipinski definition) is 5. The van der Waals surface area contributed by atoms with Crippen LogP contribution in [0.2, 0.25) is 0 Å². The van der Waals surface area contributed by atoms with Crippen molar-refractivity contribution in [3.05, 3.63) is 47.9 Å². The Morgan fingerprint density at radius 1 is 1.38 bits per heavy atom. The van der Waals surface area contributed by atoms with Gasteiger partial charge in [-0.3, -0.25) is 0 Å². The summed E-state index contributed by atoms with van der Waals surface area (Å²) in [5.41, 5.74) is 7.90. The maximum atomic E-state index is 11.8. The molecule has 5 heteroatoms. The van der Waals surface area contributed by atoms with Gasteiger partial charge in [0.15, 0.2) is 0 Å². The number of ether oxygens (including phenoxy) is 1. The van der Waals surface area contributed by atoms with Crippen molar-refractivity contribution in [2.75, 3.05) is 17.7 Å². The third-order valence-corrected chi connectivity index (χ3v) is 3.69. The quantitative estimate of drug-likeness (QED) is 0.676. The highest BCUT2D eigenvalue weighted by Gasteiger charge is 2.31. The second-order valence-electron chi connectivity index (χ2n) is 5.17. The van der Waals surface area contributed by atoms with E-state index in [0.717, 1.165) is 24.3 Å². The average molecular weight is 286 g/mol. The Morgan fingerprint density at radius 3 is 2.81 bits per heavy atom. The molecule has 3 rings (SSSR count). The van der Waals surface area contributed by atoms with Crippen LogP contribution in [-0.2, 0) is 11.3 Å². The van der Waals surface area contributed by atoms with Gasteiger partial charge in [-0.25, -0.2) is 4.79 Å². The van der Waals surface area contributed by atoms with Gasteiger partial charge in [-0.1, -0.05) is 6.07 Å². The zero-order valence-electron chi connectivity index (χ0n) is 11.9. The molecule has 1 aromatic heterocycles. The largest absolute Gasteiger partial charge is 0.467 e. The van der Waals surface area contributed by atoms with Crippen LogP contribution in [0.15, 0.2) is 41.0 Å². The first-order valence-electron chi connectivity index (χ1n) is 6.96. The van der Waals surface area contributed by atoms with Gasteiger partial charge in [0.2, 0.25) is 0 Å². The van der Waals surface area contributed by atoms with E-state index in [-0.39, 0.29) is 0 Å². The lowest BCUT2D eigenvalue weighted by atomic mass is 10.1. The zero-order chi connectivity index (χ0) is 14.8. The fourth-order valence-corrected chi connectivity index (χ4v) is 2.46. The molecule has 5 nitrogen and oxygen atoms in total. The van der Waals surface area contributed by atoms with E-state index in [1.54, 1.807) is 12.3 Å². The molecule has 0 saturated heterocycles. The van der Waals surface area contributed by atoms with Gasteiger partial charge in [-0.15, -0.1) is 0 Å². The van der Waals surface area contributed by atoms with Crippen molar-refractivity contribution < 1.29 is 13.9 Å². The molecule has 1 heterocycles. The summed E-state index contributed by atoms with van der Waals surface area (Å²) in [4.78, 5) is 14.0. The predicted octanol–water partition coefficient (Wildman–Crippen LogP) is 2.82. The topological polar surface area (TPSA) is 68.7 Å². The molecule has 0 atom stereocenters. The lowest BCUT2D eigenvalue weighted by molar-refractivity contribution is 0.0602. The highest BCUT2D eigenvalue weighted by Crippen LogP contribution is 2.37. The fraction of sp³-hybridized carbons (Fsp3) is 0.312. The third kappa shape index (κ3) is 2.72. The van der Waals surface area contributed by atoms with Gasteiger partial charge in [0.1, 0.15) is 5.76 Å². The zero-order valence-corrected chi connectivity index (χ0v) is 11.9. The van der Waals surface area contributed by atoms with E-state index < -0.39 is 5.97 Å². The molecular formula is C16H18N2O3. The first kappa shape index (κ1) is 13.5. The van der Waals surface area contributed by atoms with Crippen LogP contribution in [0.25, 0.3) is 0 Å². The minimum atomic E-state index is -0.414. The van der Waals surface area contributed by atoms with Crippen molar-refractivity contribution in [3.8, 4) is 0 Å². The Balaban J connectivity index is 1.94. The second kappa shape index (κ2) is 5.52. The number of anilines is 2. The van der Waals surface area contributed by atoms with Crippen molar-refractivity contribution in [1.82, 2.24) is 0 Å². The molecular weight excluding hydrogens is 268 g/mol. The number of carbonyl (C=O) groups is 1.